The molecule has 2 amide bonds. The molecule has 0 heterocycles. The highest BCUT2D eigenvalue weighted by atomic mass is 16.8. The first-order chi connectivity index (χ1) is 16.3. The average Bonchev–Trinajstić information content (AvgIpc) is 2.83. The predicted molar refractivity (Wildman–Crippen MR) is 124 cm³/mol. The lowest BCUT2D eigenvalue weighted by Crippen LogP contribution is -2.21. The lowest BCUT2D eigenvalue weighted by Gasteiger charge is -2.23. The highest BCUT2D eigenvalue weighted by Crippen LogP contribution is 2.19. The molecule has 12 nitrogen and oxygen atoms in total. The Morgan fingerprint density at radius 2 is 1.71 bits per heavy atom. The number of hydrazone groups is 1. The number of nitrogens with one attached hydrogen (secondary N) is 2. The Labute approximate surface area is 193 Å². The first-order valence-electron chi connectivity index (χ1n) is 9.71. The summed E-state index contributed by atoms with van der Waals surface area (Å²) >= 11 is 0. The lowest BCUT2D eigenvalue weighted by molar-refractivity contribution is -0.118. The molecule has 3 aromatic rings. The van der Waals surface area contributed by atoms with Gasteiger partial charge in [0.15, 0.2) is 6.61 Å². The van der Waals surface area contributed by atoms with Crippen LogP contribution in [0.2, 0.25) is 0 Å². The van der Waals surface area contributed by atoms with E-state index < -0.39 is 17.0 Å². The highest BCUT2D eigenvalue weighted by Gasteiger charge is 2.10. The third-order valence-electron chi connectivity index (χ3n) is 4.34. The van der Waals surface area contributed by atoms with Gasteiger partial charge in [0.05, 0.1) is 23.2 Å². The van der Waals surface area contributed by atoms with Gasteiger partial charge in [-0.2, -0.15) is 5.10 Å². The van der Waals surface area contributed by atoms with E-state index >= 15 is 0 Å². The fourth-order valence-corrected chi connectivity index (χ4v) is 2.76. The SMILES string of the molecule is O=C(COc1ccc(/C=N/NC(=O)c2ccccc2N([O-])O)cc1)Nc1cccc(N([O-])O)c1. The molecule has 12 heteroatoms. The molecule has 0 spiro atoms. The number of ether oxygens (including phenoxy) is 1. The lowest BCUT2D eigenvalue weighted by atomic mass is 10.2. The van der Waals surface area contributed by atoms with E-state index in [0.29, 0.717) is 17.0 Å². The summed E-state index contributed by atoms with van der Waals surface area (Å²) in [4.78, 5) is 24.2. The van der Waals surface area contributed by atoms with Crippen molar-refractivity contribution in [3.05, 3.63) is 94.3 Å². The molecule has 0 saturated heterocycles. The zero-order chi connectivity index (χ0) is 24.5. The number of nitrogens with zero attached hydrogens (tertiary/aromatic N) is 3. The number of carbonyl (C=O) groups is 2. The molecular weight excluding hydrogens is 446 g/mol. The molecule has 176 valence electrons. The quantitative estimate of drug-likeness (QED) is 0.274. The van der Waals surface area contributed by atoms with Crippen molar-refractivity contribution < 1.29 is 24.7 Å². The minimum atomic E-state index is -0.680. The molecule has 34 heavy (non-hydrogen) atoms. The van der Waals surface area contributed by atoms with Crippen LogP contribution in [0.15, 0.2) is 77.9 Å². The molecule has 4 N–H and O–H groups in total. The number of benzene rings is 3. The minimum absolute atomic E-state index is 0.0304. The Bertz CT molecular complexity index is 1170. The monoisotopic (exact) mass is 465 g/mol. The van der Waals surface area contributed by atoms with Gasteiger partial charge in [0.2, 0.25) is 0 Å². The second-order valence-corrected chi connectivity index (χ2v) is 6.72. The second-order valence-electron chi connectivity index (χ2n) is 6.72. The van der Waals surface area contributed by atoms with Crippen LogP contribution in [0.5, 0.6) is 5.75 Å². The summed E-state index contributed by atoms with van der Waals surface area (Å²) < 4.78 is 5.40. The first kappa shape index (κ1) is 24.2. The van der Waals surface area contributed by atoms with Crippen molar-refractivity contribution in [3.8, 4) is 5.75 Å². The van der Waals surface area contributed by atoms with Gasteiger partial charge in [0, 0.05) is 5.69 Å². The van der Waals surface area contributed by atoms with Crippen molar-refractivity contribution >= 4 is 35.1 Å². The van der Waals surface area contributed by atoms with Crippen LogP contribution in [0, 0.1) is 10.4 Å². The van der Waals surface area contributed by atoms with Crippen LogP contribution >= 0.6 is 0 Å². The van der Waals surface area contributed by atoms with Crippen molar-refractivity contribution in [2.45, 2.75) is 0 Å². The Balaban J connectivity index is 1.49. The van der Waals surface area contributed by atoms with Crippen LogP contribution in [0.1, 0.15) is 15.9 Å². The molecule has 3 aromatic carbocycles. The summed E-state index contributed by atoms with van der Waals surface area (Å²) in [5, 5.41) is 45.6. The third-order valence-corrected chi connectivity index (χ3v) is 4.34. The van der Waals surface area contributed by atoms with Crippen LogP contribution in [0.25, 0.3) is 0 Å². The van der Waals surface area contributed by atoms with Crippen molar-refractivity contribution in [1.82, 2.24) is 5.43 Å². The van der Waals surface area contributed by atoms with Gasteiger partial charge in [0.1, 0.15) is 5.75 Å². The number of anilines is 3. The van der Waals surface area contributed by atoms with Gasteiger partial charge in [-0.1, -0.05) is 18.2 Å². The maximum absolute atomic E-state index is 12.2. The van der Waals surface area contributed by atoms with E-state index in [1.165, 1.54) is 48.7 Å². The van der Waals surface area contributed by atoms with Gasteiger partial charge in [-0.05, 0) is 60.2 Å². The number of rotatable bonds is 9. The van der Waals surface area contributed by atoms with E-state index in [0.717, 1.165) is 0 Å². The van der Waals surface area contributed by atoms with Crippen molar-refractivity contribution in [2.75, 3.05) is 22.4 Å². The van der Waals surface area contributed by atoms with Crippen molar-refractivity contribution in [3.63, 3.8) is 0 Å². The van der Waals surface area contributed by atoms with E-state index in [1.807, 2.05) is 0 Å². The van der Waals surface area contributed by atoms with E-state index in [2.05, 4.69) is 15.8 Å². The Morgan fingerprint density at radius 3 is 2.41 bits per heavy atom. The molecule has 0 unspecified atom stereocenters. The fraction of sp³-hybridized carbons (Fsp3) is 0.0455. The maximum atomic E-state index is 12.2. The largest absolute Gasteiger partial charge is 0.733 e. The normalized spacial score (nSPS) is 10.6. The zero-order valence-electron chi connectivity index (χ0n) is 17.5. The third kappa shape index (κ3) is 6.75. The molecule has 0 bridgehead atoms. The standard InChI is InChI=1S/C22H19N5O7/c28-21(24-16-4-3-5-17(12-16)26(30)31)14-34-18-10-8-15(9-11-18)13-23-25-22(29)19-6-1-2-7-20(19)27(32)33/h1-13,30,32H,14H2,(H,24,28)(H,25,29)/q-2/b23-13+. The molecule has 0 saturated carbocycles. The number of para-hydroxylation sites is 1. The zero-order valence-corrected chi connectivity index (χ0v) is 17.5. The summed E-state index contributed by atoms with van der Waals surface area (Å²) in [6.07, 6.45) is 1.36. The molecule has 0 radical (unpaired) electrons. The number of amides is 2. The highest BCUT2D eigenvalue weighted by molar-refractivity contribution is 6.00. The van der Waals surface area contributed by atoms with Gasteiger partial charge in [0.25, 0.3) is 11.8 Å². The van der Waals surface area contributed by atoms with Gasteiger partial charge >= 0.3 is 0 Å². The van der Waals surface area contributed by atoms with Crippen LogP contribution in [0.4, 0.5) is 17.1 Å². The minimum Gasteiger partial charge on any atom is -0.733 e. The molecule has 0 aliphatic heterocycles. The molecular formula is C22H19N5O7-2. The van der Waals surface area contributed by atoms with Crippen LogP contribution < -0.4 is 25.9 Å². The number of carbonyl (C=O) groups excluding carboxylic acids is 2. The smallest absolute Gasteiger partial charge is 0.273 e. The van der Waals surface area contributed by atoms with E-state index in [1.54, 1.807) is 30.3 Å². The van der Waals surface area contributed by atoms with Gasteiger partial charge < -0.3 is 30.9 Å². The Morgan fingerprint density at radius 1 is 0.971 bits per heavy atom. The summed E-state index contributed by atoms with van der Waals surface area (Å²) in [7, 11) is 0. The molecule has 0 aromatic heterocycles. The summed E-state index contributed by atoms with van der Waals surface area (Å²) in [6, 6.07) is 17.9. The molecule has 3 rings (SSSR count). The van der Waals surface area contributed by atoms with Gasteiger partial charge in [-0.3, -0.25) is 20.0 Å². The maximum Gasteiger partial charge on any atom is 0.273 e. The Hall–Kier alpha value is -4.49. The number of hydrogen-bond acceptors (Lipinski definition) is 10. The van der Waals surface area contributed by atoms with Crippen LogP contribution in [0.3, 0.4) is 0 Å². The summed E-state index contributed by atoms with van der Waals surface area (Å²) in [5.74, 6) is -0.750. The summed E-state index contributed by atoms with van der Waals surface area (Å²) in [6.45, 7) is -0.297. The van der Waals surface area contributed by atoms with E-state index in [9.17, 15) is 20.0 Å². The second kappa shape index (κ2) is 11.4. The van der Waals surface area contributed by atoms with E-state index in [4.69, 9.17) is 15.2 Å². The molecule has 0 aliphatic rings. The van der Waals surface area contributed by atoms with Crippen molar-refractivity contribution in [2.24, 2.45) is 5.10 Å². The van der Waals surface area contributed by atoms with Crippen molar-refractivity contribution in [1.29, 1.82) is 0 Å². The van der Waals surface area contributed by atoms with E-state index in [-0.39, 0.29) is 28.8 Å². The molecule has 0 fully saturated rings. The molecule has 0 atom stereocenters. The van der Waals surface area contributed by atoms with Gasteiger partial charge in [-0.25, -0.2) is 5.43 Å². The predicted octanol–water partition coefficient (Wildman–Crippen LogP) is 2.85. The van der Waals surface area contributed by atoms with Gasteiger partial charge in [-0.15, -0.1) is 0 Å². The van der Waals surface area contributed by atoms with Crippen LogP contribution in [-0.4, -0.2) is 35.1 Å². The van der Waals surface area contributed by atoms with Crippen LogP contribution in [-0.2, 0) is 4.79 Å². The molecule has 0 aliphatic carbocycles. The fourth-order valence-electron chi connectivity index (χ4n) is 2.76. The average molecular weight is 465 g/mol. The summed E-state index contributed by atoms with van der Waals surface area (Å²) in [5.41, 5.74) is 2.90. The Kier molecular flexibility index (Phi) is 8.10. The topological polar surface area (TPSA) is 173 Å². The number of hydrogen-bond donors (Lipinski definition) is 4. The first-order valence-corrected chi connectivity index (χ1v) is 9.71.